The molecule has 18 heavy (non-hydrogen) atoms. The van der Waals surface area contributed by atoms with E-state index in [4.69, 9.17) is 10.3 Å². The van der Waals surface area contributed by atoms with E-state index in [-0.39, 0.29) is 5.91 Å². The number of nitrogens with zero attached hydrogens (tertiary/aromatic N) is 2. The Hall–Kier alpha value is -1.37. The van der Waals surface area contributed by atoms with E-state index in [9.17, 15) is 4.79 Å². The summed E-state index contributed by atoms with van der Waals surface area (Å²) >= 11 is 0. The van der Waals surface area contributed by atoms with Gasteiger partial charge in [0.1, 0.15) is 5.76 Å². The highest BCUT2D eigenvalue weighted by Gasteiger charge is 2.18. The second kappa shape index (κ2) is 5.51. The number of carbonyl (C=O) groups excluding carboxylic acids is 1. The van der Waals surface area contributed by atoms with Gasteiger partial charge in [0, 0.05) is 31.7 Å². The Balaban J connectivity index is 2.00. The molecule has 2 rings (SSSR count). The molecule has 0 spiro atoms. The summed E-state index contributed by atoms with van der Waals surface area (Å²) in [6.45, 7) is 6.77. The van der Waals surface area contributed by atoms with Gasteiger partial charge in [-0.1, -0.05) is 0 Å². The monoisotopic (exact) mass is 252 g/mol. The lowest BCUT2D eigenvalue weighted by Crippen LogP contribution is -2.43. The SMILES string of the molecule is Cc1cc(CN2CCN(C)CC2)oc1C(=O)NN. The van der Waals surface area contributed by atoms with Crippen molar-refractivity contribution in [3.05, 3.63) is 23.2 Å². The first-order valence-corrected chi connectivity index (χ1v) is 6.11. The number of furan rings is 1. The normalized spacial score (nSPS) is 17.9. The van der Waals surface area contributed by atoms with Crippen molar-refractivity contribution < 1.29 is 9.21 Å². The van der Waals surface area contributed by atoms with Crippen LogP contribution in [-0.4, -0.2) is 48.9 Å². The fourth-order valence-corrected chi connectivity index (χ4v) is 2.14. The number of nitrogens with two attached hydrogens (primary N) is 1. The summed E-state index contributed by atoms with van der Waals surface area (Å²) in [4.78, 5) is 16.1. The molecule has 6 nitrogen and oxygen atoms in total. The minimum atomic E-state index is -0.378. The van der Waals surface area contributed by atoms with Gasteiger partial charge < -0.3 is 9.32 Å². The molecule has 1 fully saturated rings. The largest absolute Gasteiger partial charge is 0.454 e. The number of rotatable bonds is 3. The third-order valence-corrected chi connectivity index (χ3v) is 3.28. The van der Waals surface area contributed by atoms with Crippen LogP contribution in [0.4, 0.5) is 0 Å². The topological polar surface area (TPSA) is 74.7 Å². The average molecular weight is 252 g/mol. The molecule has 0 bridgehead atoms. The fraction of sp³-hybridized carbons (Fsp3) is 0.583. The second-order valence-electron chi connectivity index (χ2n) is 4.78. The van der Waals surface area contributed by atoms with Crippen molar-refractivity contribution in [1.82, 2.24) is 15.2 Å². The van der Waals surface area contributed by atoms with Gasteiger partial charge in [0.25, 0.3) is 0 Å². The smallest absolute Gasteiger partial charge is 0.301 e. The zero-order valence-electron chi connectivity index (χ0n) is 10.9. The molecule has 100 valence electrons. The molecule has 0 saturated carbocycles. The van der Waals surface area contributed by atoms with Gasteiger partial charge in [0.05, 0.1) is 6.54 Å². The summed E-state index contributed by atoms with van der Waals surface area (Å²) in [6.07, 6.45) is 0. The van der Waals surface area contributed by atoms with Gasteiger partial charge in [0.15, 0.2) is 5.76 Å². The minimum Gasteiger partial charge on any atom is -0.454 e. The molecule has 0 atom stereocenters. The molecule has 2 heterocycles. The first kappa shape index (κ1) is 13.1. The lowest BCUT2D eigenvalue weighted by molar-refractivity contribution is 0.0918. The maximum atomic E-state index is 11.4. The fourth-order valence-electron chi connectivity index (χ4n) is 2.14. The maximum Gasteiger partial charge on any atom is 0.301 e. The molecule has 1 saturated heterocycles. The van der Waals surface area contributed by atoms with Crippen LogP contribution in [0.5, 0.6) is 0 Å². The number of piperazine rings is 1. The number of hydrogen-bond acceptors (Lipinski definition) is 5. The van der Waals surface area contributed by atoms with Gasteiger partial charge in [0.2, 0.25) is 0 Å². The lowest BCUT2D eigenvalue weighted by atomic mass is 10.2. The summed E-state index contributed by atoms with van der Waals surface area (Å²) in [5.74, 6) is 5.85. The van der Waals surface area contributed by atoms with E-state index in [1.54, 1.807) is 0 Å². The van der Waals surface area contributed by atoms with Gasteiger partial charge in [-0.2, -0.15) is 0 Å². The Morgan fingerprint density at radius 3 is 2.72 bits per heavy atom. The van der Waals surface area contributed by atoms with E-state index >= 15 is 0 Å². The van der Waals surface area contributed by atoms with E-state index in [1.807, 2.05) is 13.0 Å². The van der Waals surface area contributed by atoms with Crippen LogP contribution < -0.4 is 11.3 Å². The predicted molar refractivity (Wildman–Crippen MR) is 67.9 cm³/mol. The molecule has 0 unspecified atom stereocenters. The summed E-state index contributed by atoms with van der Waals surface area (Å²) < 4.78 is 5.55. The molecule has 1 amide bonds. The summed E-state index contributed by atoms with van der Waals surface area (Å²) in [5, 5.41) is 0. The van der Waals surface area contributed by atoms with Crippen LogP contribution in [0.25, 0.3) is 0 Å². The molecule has 3 N–H and O–H groups in total. The first-order valence-electron chi connectivity index (χ1n) is 6.11. The van der Waals surface area contributed by atoms with Crippen LogP contribution in [-0.2, 0) is 6.54 Å². The van der Waals surface area contributed by atoms with Crippen LogP contribution in [0.15, 0.2) is 10.5 Å². The van der Waals surface area contributed by atoms with Crippen LogP contribution in [0.3, 0.4) is 0 Å². The Bertz CT molecular complexity index is 422. The maximum absolute atomic E-state index is 11.4. The molecule has 0 radical (unpaired) electrons. The molecule has 6 heteroatoms. The predicted octanol–water partition coefficient (Wildman–Crippen LogP) is -0.0611. The molecule has 1 aliphatic rings. The van der Waals surface area contributed by atoms with E-state index in [2.05, 4.69) is 22.3 Å². The number of nitrogen functional groups attached to an aromatic ring is 1. The molecular formula is C12H20N4O2. The van der Waals surface area contributed by atoms with Crippen LogP contribution in [0.1, 0.15) is 21.9 Å². The van der Waals surface area contributed by atoms with Gasteiger partial charge >= 0.3 is 5.91 Å². The third-order valence-electron chi connectivity index (χ3n) is 3.28. The number of aryl methyl sites for hydroxylation is 1. The van der Waals surface area contributed by atoms with E-state index in [0.29, 0.717) is 5.76 Å². The summed E-state index contributed by atoms with van der Waals surface area (Å²) in [6, 6.07) is 1.91. The highest BCUT2D eigenvalue weighted by Crippen LogP contribution is 2.16. The lowest BCUT2D eigenvalue weighted by Gasteiger charge is -2.31. The highest BCUT2D eigenvalue weighted by atomic mass is 16.4. The van der Waals surface area contributed by atoms with Gasteiger partial charge in [-0.15, -0.1) is 0 Å². The van der Waals surface area contributed by atoms with E-state index < -0.39 is 0 Å². The van der Waals surface area contributed by atoms with Crippen LogP contribution >= 0.6 is 0 Å². The van der Waals surface area contributed by atoms with Crippen molar-refractivity contribution in [1.29, 1.82) is 0 Å². The van der Waals surface area contributed by atoms with Crippen molar-refractivity contribution in [3.8, 4) is 0 Å². The van der Waals surface area contributed by atoms with Gasteiger partial charge in [-0.25, -0.2) is 5.84 Å². The first-order chi connectivity index (χ1) is 8.60. The zero-order chi connectivity index (χ0) is 13.1. The number of nitrogens with one attached hydrogen (secondary N) is 1. The van der Waals surface area contributed by atoms with Crippen molar-refractivity contribution in [2.75, 3.05) is 33.2 Å². The van der Waals surface area contributed by atoms with Crippen LogP contribution in [0.2, 0.25) is 0 Å². The van der Waals surface area contributed by atoms with E-state index in [1.165, 1.54) is 0 Å². The minimum absolute atomic E-state index is 0.307. The summed E-state index contributed by atoms with van der Waals surface area (Å²) in [5.41, 5.74) is 2.91. The Kier molecular flexibility index (Phi) is 4.00. The number of hydrogen-bond donors (Lipinski definition) is 2. The standard InChI is InChI=1S/C12H20N4O2/c1-9-7-10(18-11(9)12(17)14-13)8-16-5-3-15(2)4-6-16/h7H,3-6,8,13H2,1-2H3,(H,14,17). The quantitative estimate of drug-likeness (QED) is 0.448. The van der Waals surface area contributed by atoms with Crippen LogP contribution in [0, 0.1) is 6.92 Å². The number of amides is 1. The summed E-state index contributed by atoms with van der Waals surface area (Å²) in [7, 11) is 2.12. The molecule has 1 aromatic heterocycles. The molecule has 0 aromatic carbocycles. The van der Waals surface area contributed by atoms with E-state index in [0.717, 1.165) is 44.0 Å². The number of hydrazine groups is 1. The van der Waals surface area contributed by atoms with Crippen molar-refractivity contribution in [2.24, 2.45) is 5.84 Å². The van der Waals surface area contributed by atoms with Crippen molar-refractivity contribution in [2.45, 2.75) is 13.5 Å². The Morgan fingerprint density at radius 1 is 1.44 bits per heavy atom. The molecular weight excluding hydrogens is 232 g/mol. The average Bonchev–Trinajstić information content (AvgIpc) is 2.72. The number of likely N-dealkylation sites (N-methyl/N-ethyl adjacent to an activating group) is 1. The third kappa shape index (κ3) is 2.90. The Morgan fingerprint density at radius 2 is 2.11 bits per heavy atom. The highest BCUT2D eigenvalue weighted by molar-refractivity contribution is 5.92. The van der Waals surface area contributed by atoms with Gasteiger partial charge in [-0.3, -0.25) is 15.1 Å². The Labute approximate surface area is 107 Å². The molecule has 1 aromatic rings. The van der Waals surface area contributed by atoms with Crippen molar-refractivity contribution >= 4 is 5.91 Å². The van der Waals surface area contributed by atoms with Crippen molar-refractivity contribution in [3.63, 3.8) is 0 Å². The molecule has 0 aliphatic carbocycles. The zero-order valence-corrected chi connectivity index (χ0v) is 10.9. The number of carbonyl (C=O) groups is 1. The second-order valence-corrected chi connectivity index (χ2v) is 4.78. The van der Waals surface area contributed by atoms with Gasteiger partial charge in [-0.05, 0) is 20.0 Å². The molecule has 1 aliphatic heterocycles.